The molecule has 1 atom stereocenters. The van der Waals surface area contributed by atoms with E-state index in [9.17, 15) is 9.59 Å². The minimum absolute atomic E-state index is 0.0109. The number of anilines is 1. The molecule has 0 saturated heterocycles. The molecule has 0 bridgehead atoms. The highest BCUT2D eigenvalue weighted by Crippen LogP contribution is 2.40. The highest BCUT2D eigenvalue weighted by molar-refractivity contribution is 7.80. The average molecular weight is 496 g/mol. The van der Waals surface area contributed by atoms with Crippen molar-refractivity contribution in [3.8, 4) is 6.07 Å². The number of thiophene rings is 1. The number of hydrogen-bond donors (Lipinski definition) is 2. The molecule has 3 aliphatic carbocycles. The van der Waals surface area contributed by atoms with Gasteiger partial charge in [0.05, 0.1) is 10.6 Å². The number of nitriles is 1. The number of ketones is 1. The minimum atomic E-state index is -0.0109. The zero-order valence-electron chi connectivity index (χ0n) is 19.4. The van der Waals surface area contributed by atoms with Gasteiger partial charge in [-0.2, -0.15) is 10.4 Å². The summed E-state index contributed by atoms with van der Waals surface area (Å²) in [7, 11) is 1.78. The summed E-state index contributed by atoms with van der Waals surface area (Å²) in [5.41, 5.74) is 2.25. The molecule has 5 rings (SSSR count). The minimum Gasteiger partial charge on any atom is -0.352 e. The molecule has 7 nitrogen and oxygen atoms in total. The second kappa shape index (κ2) is 9.59. The number of amides is 1. The Morgan fingerprint density at radius 3 is 2.74 bits per heavy atom. The Labute approximate surface area is 208 Å². The monoisotopic (exact) mass is 495 g/mol. The maximum atomic E-state index is 13.2. The predicted octanol–water partition coefficient (Wildman–Crippen LogP) is 3.95. The van der Waals surface area contributed by atoms with Crippen molar-refractivity contribution in [2.45, 2.75) is 57.8 Å². The first-order valence-electron chi connectivity index (χ1n) is 12.1. The molecule has 0 aromatic carbocycles. The van der Waals surface area contributed by atoms with E-state index < -0.39 is 0 Å². The van der Waals surface area contributed by atoms with E-state index in [1.165, 1.54) is 17.7 Å². The molecule has 2 aromatic rings. The van der Waals surface area contributed by atoms with Gasteiger partial charge in [0.2, 0.25) is 0 Å². The van der Waals surface area contributed by atoms with E-state index in [1.54, 1.807) is 29.1 Å². The predicted molar refractivity (Wildman–Crippen MR) is 135 cm³/mol. The summed E-state index contributed by atoms with van der Waals surface area (Å²) < 4.78 is 1.62. The third kappa shape index (κ3) is 5.23. The summed E-state index contributed by atoms with van der Waals surface area (Å²) in [6, 6.07) is 3.73. The van der Waals surface area contributed by atoms with Gasteiger partial charge in [-0.3, -0.25) is 14.3 Å². The molecule has 2 aromatic heterocycles. The van der Waals surface area contributed by atoms with Crippen LogP contribution < -0.4 is 10.6 Å². The van der Waals surface area contributed by atoms with Crippen LogP contribution in [-0.2, 0) is 31.1 Å². The Bertz CT molecular complexity index is 1180. The van der Waals surface area contributed by atoms with Gasteiger partial charge >= 0.3 is 0 Å². The van der Waals surface area contributed by atoms with E-state index in [0.29, 0.717) is 41.2 Å². The Morgan fingerprint density at radius 2 is 2.06 bits per heavy atom. The van der Waals surface area contributed by atoms with Gasteiger partial charge in [0, 0.05) is 48.2 Å². The largest absolute Gasteiger partial charge is 0.352 e. The quantitative estimate of drug-likeness (QED) is 0.511. The SMILES string of the molecule is Cn1nc(C#N)cc1NC(=S)C[C@H]1CCc2sc(CC(=O)C3CC3)c(C(=O)NCC3CC3)c2C1. The van der Waals surface area contributed by atoms with Crippen LogP contribution in [0.15, 0.2) is 6.07 Å². The standard InChI is InChI=1S/C25H29N5O2S2/c1-30-22(10-17(12-26)29-30)28-23(33)9-15-4-7-20-18(8-15)24(25(32)27-13-14-2-3-14)21(34-20)11-19(31)16-5-6-16/h10,14-16H,2-9,11,13H2,1H3,(H,27,32)(H,28,33)/t15-/m0/s1. The lowest BCUT2D eigenvalue weighted by Gasteiger charge is -2.23. The number of Topliss-reactive ketones (excluding diaryl/α,β-unsaturated/α-hetero) is 1. The van der Waals surface area contributed by atoms with Gasteiger partial charge in [0.25, 0.3) is 5.91 Å². The number of hydrogen-bond acceptors (Lipinski definition) is 6. The van der Waals surface area contributed by atoms with Crippen LogP contribution in [0.2, 0.25) is 0 Å². The van der Waals surface area contributed by atoms with Crippen molar-refractivity contribution in [3.63, 3.8) is 0 Å². The highest BCUT2D eigenvalue weighted by atomic mass is 32.1. The smallest absolute Gasteiger partial charge is 0.252 e. The number of nitrogens with one attached hydrogen (secondary N) is 2. The van der Waals surface area contributed by atoms with E-state index in [4.69, 9.17) is 17.5 Å². The van der Waals surface area contributed by atoms with E-state index in [1.807, 2.05) is 6.07 Å². The maximum absolute atomic E-state index is 13.2. The molecule has 2 fully saturated rings. The van der Waals surface area contributed by atoms with E-state index in [2.05, 4.69) is 15.7 Å². The molecule has 2 heterocycles. The number of aryl methyl sites for hydroxylation is 2. The molecule has 0 radical (unpaired) electrons. The summed E-state index contributed by atoms with van der Waals surface area (Å²) in [5.74, 6) is 2.11. The van der Waals surface area contributed by atoms with Crippen LogP contribution in [0.25, 0.3) is 0 Å². The second-order valence-electron chi connectivity index (χ2n) is 9.88. The molecule has 1 amide bonds. The van der Waals surface area contributed by atoms with Crippen LogP contribution in [-0.4, -0.2) is 33.0 Å². The Kier molecular flexibility index (Phi) is 6.54. The summed E-state index contributed by atoms with van der Waals surface area (Å²) in [6.07, 6.45) is 8.17. The molecule has 2 saturated carbocycles. The van der Waals surface area contributed by atoms with Gasteiger partial charge in [-0.15, -0.1) is 11.3 Å². The zero-order valence-corrected chi connectivity index (χ0v) is 21.0. The Balaban J connectivity index is 1.30. The first-order chi connectivity index (χ1) is 16.4. The van der Waals surface area contributed by atoms with Gasteiger partial charge in [0.15, 0.2) is 5.69 Å². The summed E-state index contributed by atoms with van der Waals surface area (Å²) >= 11 is 7.30. The molecule has 0 aliphatic heterocycles. The van der Waals surface area contributed by atoms with Crippen molar-refractivity contribution in [1.29, 1.82) is 5.26 Å². The fourth-order valence-electron chi connectivity index (χ4n) is 4.73. The number of thiocarbonyl (C=S) groups is 1. The Morgan fingerprint density at radius 1 is 1.26 bits per heavy atom. The second-order valence-corrected chi connectivity index (χ2v) is 11.6. The first kappa shape index (κ1) is 23.2. The molecule has 0 spiro atoms. The van der Waals surface area contributed by atoms with Crippen molar-refractivity contribution in [2.75, 3.05) is 11.9 Å². The zero-order chi connectivity index (χ0) is 23.8. The average Bonchev–Trinajstić information content (AvgIpc) is 3.73. The molecule has 3 aliphatic rings. The van der Waals surface area contributed by atoms with Crippen LogP contribution >= 0.6 is 23.6 Å². The fraction of sp³-hybridized carbons (Fsp3) is 0.560. The first-order valence-corrected chi connectivity index (χ1v) is 13.3. The van der Waals surface area contributed by atoms with Crippen molar-refractivity contribution in [1.82, 2.24) is 15.1 Å². The van der Waals surface area contributed by atoms with Gasteiger partial charge in [-0.25, -0.2) is 0 Å². The highest BCUT2D eigenvalue weighted by Gasteiger charge is 2.34. The van der Waals surface area contributed by atoms with Crippen LogP contribution in [0.5, 0.6) is 0 Å². The number of rotatable bonds is 9. The number of aromatic nitrogens is 2. The lowest BCUT2D eigenvalue weighted by Crippen LogP contribution is -2.28. The molecule has 2 N–H and O–H groups in total. The van der Waals surface area contributed by atoms with Crippen molar-refractivity contribution >= 4 is 46.1 Å². The van der Waals surface area contributed by atoms with E-state index in [-0.39, 0.29) is 17.6 Å². The topological polar surface area (TPSA) is 99.8 Å². The van der Waals surface area contributed by atoms with Crippen molar-refractivity contribution in [3.05, 3.63) is 32.6 Å². The van der Waals surface area contributed by atoms with Crippen molar-refractivity contribution in [2.24, 2.45) is 24.8 Å². The van der Waals surface area contributed by atoms with Gasteiger partial charge in [-0.1, -0.05) is 12.2 Å². The van der Waals surface area contributed by atoms with Crippen LogP contribution in [0.1, 0.15) is 69.9 Å². The van der Waals surface area contributed by atoms with Crippen LogP contribution in [0.3, 0.4) is 0 Å². The van der Waals surface area contributed by atoms with Gasteiger partial charge in [-0.05, 0) is 62.3 Å². The third-order valence-corrected chi connectivity index (χ3v) is 8.58. The van der Waals surface area contributed by atoms with Crippen molar-refractivity contribution < 1.29 is 9.59 Å². The van der Waals surface area contributed by atoms with Gasteiger partial charge in [0.1, 0.15) is 17.7 Å². The summed E-state index contributed by atoms with van der Waals surface area (Å²) in [6.45, 7) is 0.728. The molecular formula is C25H29N5O2S2. The van der Waals surface area contributed by atoms with Crippen LogP contribution in [0, 0.1) is 29.1 Å². The lowest BCUT2D eigenvalue weighted by molar-refractivity contribution is -0.119. The number of carbonyl (C=O) groups is 2. The molecule has 178 valence electrons. The Hall–Kier alpha value is -2.57. The number of carbonyl (C=O) groups excluding carboxylic acids is 2. The molecular weight excluding hydrogens is 466 g/mol. The number of nitrogens with zero attached hydrogens (tertiary/aromatic N) is 3. The molecule has 0 unspecified atom stereocenters. The maximum Gasteiger partial charge on any atom is 0.252 e. The normalized spacial score (nSPS) is 19.2. The summed E-state index contributed by atoms with van der Waals surface area (Å²) in [4.78, 5) is 28.8. The van der Waals surface area contributed by atoms with Gasteiger partial charge < -0.3 is 10.6 Å². The fourth-order valence-corrected chi connectivity index (χ4v) is 6.42. The third-order valence-electron chi connectivity index (χ3n) is 7.01. The number of fused-ring (bicyclic) bond motifs is 1. The molecule has 34 heavy (non-hydrogen) atoms. The van der Waals surface area contributed by atoms with E-state index in [0.717, 1.165) is 54.7 Å². The lowest BCUT2D eigenvalue weighted by atomic mass is 9.83. The molecule has 9 heteroatoms. The summed E-state index contributed by atoms with van der Waals surface area (Å²) in [5, 5.41) is 19.6. The van der Waals surface area contributed by atoms with Crippen LogP contribution in [0.4, 0.5) is 5.82 Å². The van der Waals surface area contributed by atoms with E-state index >= 15 is 0 Å².